The molecule has 0 aliphatic carbocycles. The molecule has 12 heavy (non-hydrogen) atoms. The van der Waals surface area contributed by atoms with Crippen LogP contribution in [-0.4, -0.2) is 25.1 Å². The molecule has 0 unspecified atom stereocenters. The van der Waals surface area contributed by atoms with Crippen molar-refractivity contribution in [3.63, 3.8) is 0 Å². The van der Waals surface area contributed by atoms with Gasteiger partial charge in [-0.05, 0) is 32.1 Å². The van der Waals surface area contributed by atoms with Crippen molar-refractivity contribution in [1.29, 1.82) is 0 Å². The monoisotopic (exact) mass is 165 g/mol. The molecule has 0 aliphatic heterocycles. The SMILES string of the molecule is CNCCCNc1cccnc1. The molecule has 1 aromatic rings. The average Bonchev–Trinajstić information content (AvgIpc) is 2.14. The second kappa shape index (κ2) is 5.55. The minimum atomic E-state index is 0.993. The molecule has 1 heterocycles. The second-order valence-corrected chi connectivity index (χ2v) is 2.63. The standard InChI is InChI=1S/C9H15N3/c1-10-5-3-7-12-9-4-2-6-11-8-9/h2,4,6,8,10,12H,3,5,7H2,1H3. The third kappa shape index (κ3) is 3.34. The van der Waals surface area contributed by atoms with Gasteiger partial charge in [0.1, 0.15) is 0 Å². The molecule has 0 spiro atoms. The molecule has 3 heteroatoms. The topological polar surface area (TPSA) is 37.0 Å². The molecule has 2 N–H and O–H groups in total. The van der Waals surface area contributed by atoms with Crippen molar-refractivity contribution in [3.05, 3.63) is 24.5 Å². The van der Waals surface area contributed by atoms with Crippen LogP contribution in [0.15, 0.2) is 24.5 Å². The fraction of sp³-hybridized carbons (Fsp3) is 0.444. The molecule has 0 saturated heterocycles. The first-order valence-corrected chi connectivity index (χ1v) is 4.22. The average molecular weight is 165 g/mol. The van der Waals surface area contributed by atoms with Crippen LogP contribution in [0, 0.1) is 0 Å². The molecule has 0 atom stereocenters. The maximum absolute atomic E-state index is 4.01. The van der Waals surface area contributed by atoms with Crippen molar-refractivity contribution in [2.24, 2.45) is 0 Å². The Hall–Kier alpha value is -1.09. The van der Waals surface area contributed by atoms with Gasteiger partial charge in [-0.25, -0.2) is 0 Å². The van der Waals surface area contributed by atoms with E-state index in [0.717, 1.165) is 25.2 Å². The minimum absolute atomic E-state index is 0.993. The molecular weight excluding hydrogens is 150 g/mol. The Morgan fingerprint density at radius 3 is 3.00 bits per heavy atom. The highest BCUT2D eigenvalue weighted by Gasteiger charge is 1.88. The summed E-state index contributed by atoms with van der Waals surface area (Å²) in [5.74, 6) is 0. The summed E-state index contributed by atoms with van der Waals surface area (Å²) in [4.78, 5) is 4.01. The lowest BCUT2D eigenvalue weighted by atomic mass is 10.4. The second-order valence-electron chi connectivity index (χ2n) is 2.63. The quantitative estimate of drug-likeness (QED) is 0.642. The van der Waals surface area contributed by atoms with E-state index < -0.39 is 0 Å². The summed E-state index contributed by atoms with van der Waals surface area (Å²) in [6.07, 6.45) is 4.74. The molecule has 66 valence electrons. The predicted octanol–water partition coefficient (Wildman–Crippen LogP) is 1.10. The molecular formula is C9H15N3. The van der Waals surface area contributed by atoms with E-state index >= 15 is 0 Å². The minimum Gasteiger partial charge on any atom is -0.384 e. The Labute approximate surface area is 73.2 Å². The van der Waals surface area contributed by atoms with Crippen molar-refractivity contribution < 1.29 is 0 Å². The summed E-state index contributed by atoms with van der Waals surface area (Å²) in [6, 6.07) is 3.95. The summed E-state index contributed by atoms with van der Waals surface area (Å²) in [5, 5.41) is 6.38. The lowest BCUT2D eigenvalue weighted by Crippen LogP contribution is -2.12. The number of nitrogens with one attached hydrogen (secondary N) is 2. The van der Waals surface area contributed by atoms with Crippen LogP contribution in [0.1, 0.15) is 6.42 Å². The first-order chi connectivity index (χ1) is 5.93. The number of pyridine rings is 1. The van der Waals surface area contributed by atoms with Crippen LogP contribution in [0.4, 0.5) is 5.69 Å². The van der Waals surface area contributed by atoms with Gasteiger partial charge in [0, 0.05) is 18.9 Å². The van der Waals surface area contributed by atoms with Crippen LogP contribution in [0.2, 0.25) is 0 Å². The molecule has 0 radical (unpaired) electrons. The molecule has 0 saturated carbocycles. The molecule has 0 amide bonds. The van der Waals surface area contributed by atoms with E-state index in [1.54, 1.807) is 6.20 Å². The molecule has 0 aliphatic rings. The van der Waals surface area contributed by atoms with Crippen molar-refractivity contribution in [2.75, 3.05) is 25.5 Å². The smallest absolute Gasteiger partial charge is 0.0526 e. The van der Waals surface area contributed by atoms with Gasteiger partial charge in [-0.3, -0.25) is 4.98 Å². The van der Waals surface area contributed by atoms with Gasteiger partial charge in [0.2, 0.25) is 0 Å². The van der Waals surface area contributed by atoms with Crippen LogP contribution >= 0.6 is 0 Å². The zero-order valence-electron chi connectivity index (χ0n) is 7.38. The first kappa shape index (κ1) is 9.00. The summed E-state index contributed by atoms with van der Waals surface area (Å²) < 4.78 is 0. The Bertz CT molecular complexity index is 198. The third-order valence-corrected chi connectivity index (χ3v) is 1.59. The summed E-state index contributed by atoms with van der Waals surface area (Å²) in [5.41, 5.74) is 1.09. The number of anilines is 1. The largest absolute Gasteiger partial charge is 0.384 e. The first-order valence-electron chi connectivity index (χ1n) is 4.22. The third-order valence-electron chi connectivity index (χ3n) is 1.59. The van der Waals surface area contributed by atoms with Gasteiger partial charge in [-0.1, -0.05) is 0 Å². The van der Waals surface area contributed by atoms with E-state index in [1.807, 2.05) is 25.4 Å². The molecule has 0 fully saturated rings. The van der Waals surface area contributed by atoms with Crippen LogP contribution in [0.5, 0.6) is 0 Å². The number of rotatable bonds is 5. The van der Waals surface area contributed by atoms with Gasteiger partial charge in [-0.15, -0.1) is 0 Å². The summed E-state index contributed by atoms with van der Waals surface area (Å²) in [7, 11) is 1.96. The van der Waals surface area contributed by atoms with E-state index in [-0.39, 0.29) is 0 Å². The predicted molar refractivity (Wildman–Crippen MR) is 51.3 cm³/mol. The Balaban J connectivity index is 2.16. The van der Waals surface area contributed by atoms with Gasteiger partial charge in [0.15, 0.2) is 0 Å². The van der Waals surface area contributed by atoms with Gasteiger partial charge >= 0.3 is 0 Å². The Kier molecular flexibility index (Phi) is 4.16. The number of nitrogens with zero attached hydrogens (tertiary/aromatic N) is 1. The molecule has 1 aromatic heterocycles. The molecule has 0 aromatic carbocycles. The normalized spacial score (nSPS) is 9.75. The van der Waals surface area contributed by atoms with Crippen LogP contribution < -0.4 is 10.6 Å². The maximum Gasteiger partial charge on any atom is 0.0526 e. The van der Waals surface area contributed by atoms with Crippen molar-refractivity contribution in [3.8, 4) is 0 Å². The van der Waals surface area contributed by atoms with Crippen LogP contribution in [0.25, 0.3) is 0 Å². The highest BCUT2D eigenvalue weighted by molar-refractivity contribution is 5.39. The van der Waals surface area contributed by atoms with E-state index in [2.05, 4.69) is 15.6 Å². The Morgan fingerprint density at radius 2 is 2.33 bits per heavy atom. The number of hydrogen-bond acceptors (Lipinski definition) is 3. The lowest BCUT2D eigenvalue weighted by molar-refractivity contribution is 0.748. The molecule has 0 bridgehead atoms. The van der Waals surface area contributed by atoms with E-state index in [9.17, 15) is 0 Å². The fourth-order valence-electron chi connectivity index (χ4n) is 0.965. The fourth-order valence-corrected chi connectivity index (χ4v) is 0.965. The lowest BCUT2D eigenvalue weighted by Gasteiger charge is -2.04. The van der Waals surface area contributed by atoms with Gasteiger partial charge in [0.25, 0.3) is 0 Å². The van der Waals surface area contributed by atoms with Crippen LogP contribution in [0.3, 0.4) is 0 Å². The summed E-state index contributed by atoms with van der Waals surface area (Å²) >= 11 is 0. The maximum atomic E-state index is 4.01. The van der Waals surface area contributed by atoms with Gasteiger partial charge in [-0.2, -0.15) is 0 Å². The van der Waals surface area contributed by atoms with Crippen molar-refractivity contribution >= 4 is 5.69 Å². The zero-order valence-corrected chi connectivity index (χ0v) is 7.38. The Morgan fingerprint density at radius 1 is 1.42 bits per heavy atom. The van der Waals surface area contributed by atoms with Crippen molar-refractivity contribution in [2.45, 2.75) is 6.42 Å². The molecule has 1 rings (SSSR count). The summed E-state index contributed by atoms with van der Waals surface area (Å²) in [6.45, 7) is 2.04. The highest BCUT2D eigenvalue weighted by atomic mass is 14.9. The van der Waals surface area contributed by atoms with E-state index in [1.165, 1.54) is 0 Å². The van der Waals surface area contributed by atoms with Crippen molar-refractivity contribution in [1.82, 2.24) is 10.3 Å². The van der Waals surface area contributed by atoms with Crippen LogP contribution in [-0.2, 0) is 0 Å². The zero-order chi connectivity index (χ0) is 8.65. The highest BCUT2D eigenvalue weighted by Crippen LogP contribution is 2.01. The van der Waals surface area contributed by atoms with E-state index in [4.69, 9.17) is 0 Å². The van der Waals surface area contributed by atoms with Gasteiger partial charge < -0.3 is 10.6 Å². The van der Waals surface area contributed by atoms with Gasteiger partial charge in [0.05, 0.1) is 5.69 Å². The number of aromatic nitrogens is 1. The number of hydrogen-bond donors (Lipinski definition) is 2. The molecule has 3 nitrogen and oxygen atoms in total. The van der Waals surface area contributed by atoms with E-state index in [0.29, 0.717) is 0 Å².